The van der Waals surface area contributed by atoms with Gasteiger partial charge in [0.1, 0.15) is 11.5 Å². The van der Waals surface area contributed by atoms with E-state index in [1.165, 1.54) is 4.90 Å². The van der Waals surface area contributed by atoms with Gasteiger partial charge in [-0.25, -0.2) is 4.79 Å². The lowest BCUT2D eigenvalue weighted by molar-refractivity contribution is -0.157. The Bertz CT molecular complexity index is 730. The third kappa shape index (κ3) is 6.66. The molecule has 1 atom stereocenters. The second-order valence-electron chi connectivity index (χ2n) is 6.01. The van der Waals surface area contributed by atoms with Gasteiger partial charge in [-0.15, -0.1) is 0 Å². The molecule has 144 valence electrons. The van der Waals surface area contributed by atoms with Crippen molar-refractivity contribution in [1.29, 1.82) is 0 Å². The van der Waals surface area contributed by atoms with E-state index in [1.54, 1.807) is 26.1 Å². The Morgan fingerprint density at radius 2 is 1.67 bits per heavy atom. The largest absolute Gasteiger partial charge is 0.494 e. The Hall–Kier alpha value is -3.02. The quantitative estimate of drug-likeness (QED) is 0.634. The maximum atomic E-state index is 12.2. The van der Waals surface area contributed by atoms with Crippen molar-refractivity contribution in [3.8, 4) is 11.5 Å². The van der Waals surface area contributed by atoms with Crippen molar-refractivity contribution in [2.75, 3.05) is 20.3 Å². The maximum absolute atomic E-state index is 12.2. The van der Waals surface area contributed by atoms with Crippen LogP contribution in [0.3, 0.4) is 0 Å². The van der Waals surface area contributed by atoms with Crippen molar-refractivity contribution in [2.45, 2.75) is 26.5 Å². The Labute approximate surface area is 159 Å². The molecule has 6 nitrogen and oxygen atoms in total. The molecule has 2 aromatic rings. The van der Waals surface area contributed by atoms with Crippen LogP contribution in [-0.4, -0.2) is 43.1 Å². The summed E-state index contributed by atoms with van der Waals surface area (Å²) in [4.78, 5) is 25.7. The van der Waals surface area contributed by atoms with Crippen LogP contribution in [0.25, 0.3) is 0 Å². The van der Waals surface area contributed by atoms with Gasteiger partial charge in [0.25, 0.3) is 5.91 Å². The van der Waals surface area contributed by atoms with Crippen LogP contribution in [0.15, 0.2) is 54.6 Å². The second kappa shape index (κ2) is 10.2. The number of rotatable bonds is 9. The lowest BCUT2D eigenvalue weighted by Gasteiger charge is -2.18. The van der Waals surface area contributed by atoms with E-state index < -0.39 is 12.1 Å². The molecule has 0 aliphatic rings. The minimum absolute atomic E-state index is 0.288. The topological polar surface area (TPSA) is 65.1 Å². The van der Waals surface area contributed by atoms with Gasteiger partial charge < -0.3 is 19.1 Å². The van der Waals surface area contributed by atoms with E-state index in [9.17, 15) is 9.59 Å². The Morgan fingerprint density at radius 1 is 1.00 bits per heavy atom. The van der Waals surface area contributed by atoms with Crippen molar-refractivity contribution >= 4 is 11.9 Å². The van der Waals surface area contributed by atoms with Crippen molar-refractivity contribution in [3.05, 3.63) is 60.2 Å². The van der Waals surface area contributed by atoms with Crippen LogP contribution < -0.4 is 9.47 Å². The van der Waals surface area contributed by atoms with Crippen molar-refractivity contribution in [1.82, 2.24) is 4.90 Å². The standard InChI is InChI=1S/C21H25NO5/c1-4-25-18-12-10-17(11-13-18)14-22(3)20(23)15-26-21(24)16(2)27-19-8-6-5-7-9-19/h5-13,16H,4,14-15H2,1-3H3. The van der Waals surface area contributed by atoms with Gasteiger partial charge in [0.05, 0.1) is 6.61 Å². The highest BCUT2D eigenvalue weighted by atomic mass is 16.6. The SMILES string of the molecule is CCOc1ccc(CN(C)C(=O)COC(=O)C(C)Oc2ccccc2)cc1. The van der Waals surface area contributed by atoms with Gasteiger partial charge in [0, 0.05) is 13.6 Å². The Balaban J connectivity index is 1.77. The smallest absolute Gasteiger partial charge is 0.347 e. The van der Waals surface area contributed by atoms with Gasteiger partial charge in [-0.3, -0.25) is 4.79 Å². The summed E-state index contributed by atoms with van der Waals surface area (Å²) in [5.74, 6) is 0.489. The van der Waals surface area contributed by atoms with Crippen LogP contribution in [0, 0.1) is 0 Å². The van der Waals surface area contributed by atoms with Crippen LogP contribution in [0.2, 0.25) is 0 Å². The van der Waals surface area contributed by atoms with Gasteiger partial charge in [-0.2, -0.15) is 0 Å². The summed E-state index contributed by atoms with van der Waals surface area (Å²) in [7, 11) is 1.66. The summed E-state index contributed by atoms with van der Waals surface area (Å²) < 4.78 is 16.0. The summed E-state index contributed by atoms with van der Waals surface area (Å²) in [5, 5.41) is 0. The average Bonchev–Trinajstić information content (AvgIpc) is 2.68. The monoisotopic (exact) mass is 371 g/mol. The highest BCUT2D eigenvalue weighted by Crippen LogP contribution is 2.14. The number of amides is 1. The molecule has 0 heterocycles. The van der Waals surface area contributed by atoms with E-state index >= 15 is 0 Å². The van der Waals surface area contributed by atoms with E-state index in [-0.39, 0.29) is 12.5 Å². The lowest BCUT2D eigenvalue weighted by atomic mass is 10.2. The van der Waals surface area contributed by atoms with Crippen LogP contribution in [0.5, 0.6) is 11.5 Å². The van der Waals surface area contributed by atoms with E-state index in [0.29, 0.717) is 18.9 Å². The van der Waals surface area contributed by atoms with Gasteiger partial charge in [0.2, 0.25) is 0 Å². The molecule has 0 aromatic heterocycles. The van der Waals surface area contributed by atoms with Crippen molar-refractivity contribution in [2.24, 2.45) is 0 Å². The zero-order valence-corrected chi connectivity index (χ0v) is 15.9. The van der Waals surface area contributed by atoms with Crippen LogP contribution in [0.1, 0.15) is 19.4 Å². The molecule has 0 bridgehead atoms. The molecule has 0 aliphatic carbocycles. The molecule has 0 radical (unpaired) electrons. The number of hydrogen-bond acceptors (Lipinski definition) is 5. The minimum Gasteiger partial charge on any atom is -0.494 e. The molecule has 6 heteroatoms. The van der Waals surface area contributed by atoms with E-state index in [0.717, 1.165) is 11.3 Å². The molecule has 0 N–H and O–H groups in total. The normalized spacial score (nSPS) is 11.4. The minimum atomic E-state index is -0.795. The average molecular weight is 371 g/mol. The van der Waals surface area contributed by atoms with E-state index in [4.69, 9.17) is 14.2 Å². The third-order valence-electron chi connectivity index (χ3n) is 3.81. The molecular formula is C21H25NO5. The summed E-state index contributed by atoms with van der Waals surface area (Å²) in [6, 6.07) is 16.5. The number of ether oxygens (including phenoxy) is 3. The first-order valence-electron chi connectivity index (χ1n) is 8.83. The second-order valence-corrected chi connectivity index (χ2v) is 6.01. The van der Waals surface area contributed by atoms with Crippen LogP contribution in [0.4, 0.5) is 0 Å². The number of carbonyl (C=O) groups excluding carboxylic acids is 2. The molecule has 2 aromatic carbocycles. The summed E-state index contributed by atoms with van der Waals surface area (Å²) in [5.41, 5.74) is 0.960. The fourth-order valence-corrected chi connectivity index (χ4v) is 2.33. The van der Waals surface area contributed by atoms with Crippen LogP contribution >= 0.6 is 0 Å². The number of esters is 1. The highest BCUT2D eigenvalue weighted by molar-refractivity contribution is 5.81. The fourth-order valence-electron chi connectivity index (χ4n) is 2.33. The third-order valence-corrected chi connectivity index (χ3v) is 3.81. The molecule has 1 unspecified atom stereocenters. The first-order valence-corrected chi connectivity index (χ1v) is 8.83. The predicted molar refractivity (Wildman–Crippen MR) is 102 cm³/mol. The lowest BCUT2D eigenvalue weighted by Crippen LogP contribution is -2.33. The fraction of sp³-hybridized carbons (Fsp3) is 0.333. The zero-order chi connectivity index (χ0) is 19.6. The molecule has 27 heavy (non-hydrogen) atoms. The maximum Gasteiger partial charge on any atom is 0.347 e. The van der Waals surface area contributed by atoms with E-state index in [1.807, 2.05) is 49.4 Å². The van der Waals surface area contributed by atoms with Gasteiger partial charge in [-0.05, 0) is 43.7 Å². The van der Waals surface area contributed by atoms with Gasteiger partial charge in [0.15, 0.2) is 12.7 Å². The number of carbonyl (C=O) groups is 2. The molecule has 2 rings (SSSR count). The van der Waals surface area contributed by atoms with Crippen molar-refractivity contribution in [3.63, 3.8) is 0 Å². The predicted octanol–water partition coefficient (Wildman–Crippen LogP) is 3.05. The number of likely N-dealkylation sites (N-methyl/N-ethyl adjacent to an activating group) is 1. The summed E-state index contributed by atoms with van der Waals surface area (Å²) in [6.45, 7) is 4.21. The molecular weight excluding hydrogens is 346 g/mol. The molecule has 0 spiro atoms. The van der Waals surface area contributed by atoms with Crippen LogP contribution in [-0.2, 0) is 20.9 Å². The molecule has 0 fully saturated rings. The number of hydrogen-bond donors (Lipinski definition) is 0. The number of nitrogens with zero attached hydrogens (tertiary/aromatic N) is 1. The van der Waals surface area contributed by atoms with Gasteiger partial charge in [-0.1, -0.05) is 30.3 Å². The summed E-state index contributed by atoms with van der Waals surface area (Å²) >= 11 is 0. The number of para-hydroxylation sites is 1. The molecule has 0 aliphatic heterocycles. The molecule has 1 amide bonds. The first kappa shape index (κ1) is 20.3. The van der Waals surface area contributed by atoms with Crippen molar-refractivity contribution < 1.29 is 23.8 Å². The molecule has 0 saturated heterocycles. The van der Waals surface area contributed by atoms with Gasteiger partial charge >= 0.3 is 5.97 Å². The Kier molecular flexibility index (Phi) is 7.67. The summed E-state index contributed by atoms with van der Waals surface area (Å²) in [6.07, 6.45) is -0.795. The molecule has 0 saturated carbocycles. The number of benzene rings is 2. The van der Waals surface area contributed by atoms with E-state index in [2.05, 4.69) is 0 Å². The Morgan fingerprint density at radius 3 is 2.30 bits per heavy atom. The first-order chi connectivity index (χ1) is 13.0. The highest BCUT2D eigenvalue weighted by Gasteiger charge is 2.19. The zero-order valence-electron chi connectivity index (χ0n) is 15.9.